The van der Waals surface area contributed by atoms with Crippen molar-refractivity contribution in [2.45, 2.75) is 26.7 Å². The third kappa shape index (κ3) is 3.62. The molecular formula is C12H16O5. The Morgan fingerprint density at radius 2 is 1.71 bits per heavy atom. The third-order valence-corrected chi connectivity index (χ3v) is 1.95. The Balaban J connectivity index is 2.71. The highest BCUT2D eigenvalue weighted by Crippen LogP contribution is 2.13. The summed E-state index contributed by atoms with van der Waals surface area (Å²) in [7, 11) is 0. The Bertz CT molecular complexity index is 346. The van der Waals surface area contributed by atoms with Crippen molar-refractivity contribution >= 4 is 11.9 Å². The second kappa shape index (κ2) is 6.73. The molecule has 1 heterocycles. The molecule has 0 saturated heterocycles. The van der Waals surface area contributed by atoms with Gasteiger partial charge in [0.15, 0.2) is 0 Å². The second-order valence-corrected chi connectivity index (χ2v) is 3.44. The van der Waals surface area contributed by atoms with Gasteiger partial charge in [-0.05, 0) is 18.9 Å². The van der Waals surface area contributed by atoms with Crippen LogP contribution >= 0.6 is 0 Å². The molecule has 1 aromatic rings. The largest absolute Gasteiger partial charge is 0.462 e. The number of furan rings is 1. The molecule has 0 bridgehead atoms. The summed E-state index contributed by atoms with van der Waals surface area (Å²) in [5, 5.41) is 0. The summed E-state index contributed by atoms with van der Waals surface area (Å²) in [5.74, 6) is -1.30. The first-order valence-electron chi connectivity index (χ1n) is 5.62. The summed E-state index contributed by atoms with van der Waals surface area (Å²) in [5.41, 5.74) is 0.111. The van der Waals surface area contributed by atoms with E-state index >= 15 is 0 Å². The first-order valence-corrected chi connectivity index (χ1v) is 5.62. The number of carbonyl (C=O) groups is 2. The first kappa shape index (κ1) is 13.3. The topological polar surface area (TPSA) is 65.7 Å². The molecule has 1 rings (SSSR count). The van der Waals surface area contributed by atoms with Gasteiger partial charge in [-0.15, -0.1) is 0 Å². The lowest BCUT2D eigenvalue weighted by Gasteiger charge is -2.03. The van der Waals surface area contributed by atoms with E-state index in [1.54, 1.807) is 0 Å². The number of ether oxygens (including phenoxy) is 2. The van der Waals surface area contributed by atoms with Crippen LogP contribution in [-0.2, 0) is 9.47 Å². The normalized spacial score (nSPS) is 10.0. The maximum absolute atomic E-state index is 11.6. The zero-order valence-electron chi connectivity index (χ0n) is 10.0. The molecule has 0 radical (unpaired) electrons. The molecule has 0 unspecified atom stereocenters. The number of esters is 2. The summed E-state index contributed by atoms with van der Waals surface area (Å²) < 4.78 is 14.8. The van der Waals surface area contributed by atoms with Crippen LogP contribution in [0.4, 0.5) is 0 Å². The molecule has 1 aromatic heterocycles. The minimum Gasteiger partial charge on any atom is -0.462 e. The number of carbonyl (C=O) groups excluding carboxylic acids is 2. The smallest absolute Gasteiger partial charge is 0.375 e. The van der Waals surface area contributed by atoms with Crippen LogP contribution in [0.3, 0.4) is 0 Å². The molecule has 0 aliphatic heterocycles. The third-order valence-electron chi connectivity index (χ3n) is 1.95. The highest BCUT2D eigenvalue weighted by atomic mass is 16.5. The molecule has 5 nitrogen and oxygen atoms in total. The van der Waals surface area contributed by atoms with Gasteiger partial charge < -0.3 is 13.9 Å². The van der Waals surface area contributed by atoms with E-state index in [1.807, 2.05) is 13.8 Å². The lowest BCUT2D eigenvalue weighted by atomic mass is 10.2. The van der Waals surface area contributed by atoms with Gasteiger partial charge in [0, 0.05) is 0 Å². The second-order valence-electron chi connectivity index (χ2n) is 3.44. The van der Waals surface area contributed by atoms with E-state index in [4.69, 9.17) is 13.9 Å². The molecule has 17 heavy (non-hydrogen) atoms. The maximum atomic E-state index is 11.6. The average molecular weight is 240 g/mol. The maximum Gasteiger partial charge on any atom is 0.375 e. The fourth-order valence-electron chi connectivity index (χ4n) is 1.16. The fourth-order valence-corrected chi connectivity index (χ4v) is 1.16. The van der Waals surface area contributed by atoms with Crippen molar-refractivity contribution in [3.8, 4) is 0 Å². The zero-order chi connectivity index (χ0) is 12.7. The molecule has 5 heteroatoms. The molecule has 0 aliphatic carbocycles. The van der Waals surface area contributed by atoms with Gasteiger partial charge in [0.25, 0.3) is 0 Å². The SMILES string of the molecule is CCCOC(=O)c1ccoc1C(=O)OCCC. The van der Waals surface area contributed by atoms with Gasteiger partial charge in [-0.2, -0.15) is 0 Å². The minimum atomic E-state index is -0.639. The van der Waals surface area contributed by atoms with E-state index in [0.717, 1.165) is 6.42 Å². The van der Waals surface area contributed by atoms with Gasteiger partial charge in [0.2, 0.25) is 5.76 Å². The molecule has 0 saturated carbocycles. The molecule has 0 aliphatic rings. The zero-order valence-corrected chi connectivity index (χ0v) is 10.0. The quantitative estimate of drug-likeness (QED) is 0.714. The fraction of sp³-hybridized carbons (Fsp3) is 0.500. The molecule has 0 aromatic carbocycles. The summed E-state index contributed by atoms with van der Waals surface area (Å²) in [4.78, 5) is 23.1. The van der Waals surface area contributed by atoms with Crippen molar-refractivity contribution in [1.82, 2.24) is 0 Å². The monoisotopic (exact) mass is 240 g/mol. The van der Waals surface area contributed by atoms with Crippen LogP contribution in [-0.4, -0.2) is 25.2 Å². The van der Waals surface area contributed by atoms with Gasteiger partial charge in [-0.3, -0.25) is 0 Å². The van der Waals surface area contributed by atoms with Gasteiger partial charge in [0.05, 0.1) is 19.5 Å². The molecular weight excluding hydrogens is 224 g/mol. The van der Waals surface area contributed by atoms with Crippen LogP contribution < -0.4 is 0 Å². The molecule has 0 atom stereocenters. The standard InChI is InChI=1S/C12H16O5/c1-3-6-16-11(13)9-5-8-15-10(9)12(14)17-7-4-2/h5,8H,3-4,6-7H2,1-2H3. The molecule has 94 valence electrons. The number of hydrogen-bond acceptors (Lipinski definition) is 5. The number of rotatable bonds is 6. The van der Waals surface area contributed by atoms with Crippen LogP contribution in [0.25, 0.3) is 0 Å². The van der Waals surface area contributed by atoms with E-state index < -0.39 is 11.9 Å². The Hall–Kier alpha value is -1.78. The van der Waals surface area contributed by atoms with E-state index in [-0.39, 0.29) is 11.3 Å². The van der Waals surface area contributed by atoms with Crippen LogP contribution in [0.1, 0.15) is 47.6 Å². The van der Waals surface area contributed by atoms with Gasteiger partial charge in [-0.25, -0.2) is 9.59 Å². The molecule has 0 N–H and O–H groups in total. The molecule has 0 spiro atoms. The predicted octanol–water partition coefficient (Wildman–Crippen LogP) is 2.41. The van der Waals surface area contributed by atoms with Crippen molar-refractivity contribution in [3.05, 3.63) is 23.7 Å². The van der Waals surface area contributed by atoms with Crippen LogP contribution in [0.5, 0.6) is 0 Å². The van der Waals surface area contributed by atoms with Crippen LogP contribution in [0.2, 0.25) is 0 Å². The van der Waals surface area contributed by atoms with E-state index in [0.29, 0.717) is 19.6 Å². The molecule has 0 fully saturated rings. The van der Waals surface area contributed by atoms with Crippen molar-refractivity contribution in [3.63, 3.8) is 0 Å². The Morgan fingerprint density at radius 1 is 1.12 bits per heavy atom. The van der Waals surface area contributed by atoms with Crippen molar-refractivity contribution in [2.75, 3.05) is 13.2 Å². The van der Waals surface area contributed by atoms with Gasteiger partial charge >= 0.3 is 11.9 Å². The van der Waals surface area contributed by atoms with Crippen molar-refractivity contribution in [1.29, 1.82) is 0 Å². The lowest BCUT2D eigenvalue weighted by molar-refractivity contribution is 0.0431. The van der Waals surface area contributed by atoms with Gasteiger partial charge in [-0.1, -0.05) is 13.8 Å². The number of hydrogen-bond donors (Lipinski definition) is 0. The Labute approximate surface area is 99.7 Å². The molecule has 0 amide bonds. The van der Waals surface area contributed by atoms with E-state index in [2.05, 4.69) is 0 Å². The predicted molar refractivity (Wildman–Crippen MR) is 59.9 cm³/mol. The minimum absolute atomic E-state index is 0.0976. The lowest BCUT2D eigenvalue weighted by Crippen LogP contribution is -2.12. The first-order chi connectivity index (χ1) is 8.20. The Morgan fingerprint density at radius 3 is 2.29 bits per heavy atom. The summed E-state index contributed by atoms with van der Waals surface area (Å²) in [6, 6.07) is 1.40. The summed E-state index contributed by atoms with van der Waals surface area (Å²) in [6.07, 6.45) is 2.70. The van der Waals surface area contributed by atoms with Crippen LogP contribution in [0, 0.1) is 0 Å². The van der Waals surface area contributed by atoms with E-state index in [1.165, 1.54) is 12.3 Å². The highest BCUT2D eigenvalue weighted by Gasteiger charge is 2.22. The summed E-state index contributed by atoms with van der Waals surface area (Å²) >= 11 is 0. The van der Waals surface area contributed by atoms with Crippen molar-refractivity contribution < 1.29 is 23.5 Å². The van der Waals surface area contributed by atoms with Crippen LogP contribution in [0.15, 0.2) is 16.7 Å². The highest BCUT2D eigenvalue weighted by molar-refractivity contribution is 6.01. The van der Waals surface area contributed by atoms with Gasteiger partial charge in [0.1, 0.15) is 5.56 Å². The summed E-state index contributed by atoms with van der Waals surface area (Å²) in [6.45, 7) is 4.38. The van der Waals surface area contributed by atoms with E-state index in [9.17, 15) is 9.59 Å². The Kier molecular flexibility index (Phi) is 5.26. The average Bonchev–Trinajstić information content (AvgIpc) is 2.82. The van der Waals surface area contributed by atoms with Crippen molar-refractivity contribution in [2.24, 2.45) is 0 Å².